The van der Waals surface area contributed by atoms with Gasteiger partial charge in [-0.2, -0.15) is 0 Å². The number of pyridine rings is 1. The molecule has 0 aliphatic heterocycles. The Morgan fingerprint density at radius 1 is 1.16 bits per heavy atom. The number of H-pyrrole nitrogens is 1. The van der Waals surface area contributed by atoms with Crippen molar-refractivity contribution >= 4 is 34.1 Å². The van der Waals surface area contributed by atoms with Crippen LogP contribution in [0.4, 0.5) is 5.69 Å². The van der Waals surface area contributed by atoms with E-state index in [0.717, 1.165) is 39.8 Å². The van der Waals surface area contributed by atoms with Gasteiger partial charge in [0.25, 0.3) is 0 Å². The topological polar surface area (TPSA) is 67.0 Å². The summed E-state index contributed by atoms with van der Waals surface area (Å²) in [5.74, 6) is 0.615. The SMILES string of the molecule is COc1ccc(C)cc1NC(=O)CCCc1c(-c2ccccn2)[nH]c2ccc(Cl)cc12. The molecule has 0 saturated heterocycles. The van der Waals surface area contributed by atoms with Gasteiger partial charge in [0.1, 0.15) is 5.75 Å². The number of nitrogens with one attached hydrogen (secondary N) is 2. The van der Waals surface area contributed by atoms with Crippen LogP contribution in [0, 0.1) is 6.92 Å². The molecule has 2 N–H and O–H groups in total. The largest absolute Gasteiger partial charge is 0.495 e. The minimum Gasteiger partial charge on any atom is -0.495 e. The van der Waals surface area contributed by atoms with E-state index in [0.29, 0.717) is 29.3 Å². The van der Waals surface area contributed by atoms with Gasteiger partial charge < -0.3 is 15.0 Å². The smallest absolute Gasteiger partial charge is 0.224 e. The lowest BCUT2D eigenvalue weighted by Gasteiger charge is -2.11. The molecular formula is C25H24ClN3O2. The number of aromatic amines is 1. The normalized spacial score (nSPS) is 10.9. The maximum atomic E-state index is 12.6. The monoisotopic (exact) mass is 433 g/mol. The predicted molar refractivity (Wildman–Crippen MR) is 126 cm³/mol. The average Bonchev–Trinajstić information content (AvgIpc) is 3.12. The fourth-order valence-corrected chi connectivity index (χ4v) is 3.94. The Morgan fingerprint density at radius 3 is 2.81 bits per heavy atom. The molecule has 0 atom stereocenters. The molecule has 0 saturated carbocycles. The minimum absolute atomic E-state index is 0.0406. The number of hydrogen-bond acceptors (Lipinski definition) is 3. The zero-order valence-electron chi connectivity index (χ0n) is 17.5. The van der Waals surface area contributed by atoms with Crippen LogP contribution in [0.3, 0.4) is 0 Å². The van der Waals surface area contributed by atoms with Crippen LogP contribution in [0.15, 0.2) is 60.8 Å². The van der Waals surface area contributed by atoms with Crippen LogP contribution >= 0.6 is 11.6 Å². The van der Waals surface area contributed by atoms with Crippen molar-refractivity contribution in [3.8, 4) is 17.1 Å². The Hall–Kier alpha value is -3.31. The molecule has 4 aromatic rings. The Kier molecular flexibility index (Phi) is 6.23. The molecule has 6 heteroatoms. The number of rotatable bonds is 7. The highest BCUT2D eigenvalue weighted by Gasteiger charge is 2.15. The number of aryl methyl sites for hydroxylation is 2. The van der Waals surface area contributed by atoms with E-state index in [1.807, 2.05) is 61.5 Å². The maximum absolute atomic E-state index is 12.6. The van der Waals surface area contributed by atoms with Crippen molar-refractivity contribution in [2.45, 2.75) is 26.2 Å². The fourth-order valence-electron chi connectivity index (χ4n) is 3.77. The number of fused-ring (bicyclic) bond motifs is 1. The van der Waals surface area contributed by atoms with Gasteiger partial charge in [-0.25, -0.2) is 0 Å². The summed E-state index contributed by atoms with van der Waals surface area (Å²) >= 11 is 6.26. The van der Waals surface area contributed by atoms with Gasteiger partial charge in [0.05, 0.1) is 24.2 Å². The number of ether oxygens (including phenoxy) is 1. The van der Waals surface area contributed by atoms with E-state index in [2.05, 4.69) is 15.3 Å². The lowest BCUT2D eigenvalue weighted by molar-refractivity contribution is -0.116. The van der Waals surface area contributed by atoms with Crippen molar-refractivity contribution in [3.05, 3.63) is 76.9 Å². The summed E-state index contributed by atoms with van der Waals surface area (Å²) in [5, 5.41) is 4.72. The molecule has 0 fully saturated rings. The lowest BCUT2D eigenvalue weighted by Crippen LogP contribution is -2.12. The van der Waals surface area contributed by atoms with Gasteiger partial charge >= 0.3 is 0 Å². The van der Waals surface area contributed by atoms with Crippen LogP contribution < -0.4 is 10.1 Å². The molecule has 158 valence electrons. The number of methoxy groups -OCH3 is 1. The number of carbonyl (C=O) groups is 1. The molecule has 5 nitrogen and oxygen atoms in total. The molecule has 0 aliphatic rings. The molecule has 4 rings (SSSR count). The quantitative estimate of drug-likeness (QED) is 0.366. The highest BCUT2D eigenvalue weighted by atomic mass is 35.5. The Morgan fingerprint density at radius 2 is 2.03 bits per heavy atom. The van der Waals surface area contributed by atoms with E-state index in [9.17, 15) is 4.79 Å². The first-order valence-corrected chi connectivity index (χ1v) is 10.6. The fraction of sp³-hybridized carbons (Fsp3) is 0.200. The minimum atomic E-state index is -0.0406. The molecule has 0 aliphatic carbocycles. The van der Waals surface area contributed by atoms with Crippen LogP contribution in [0.5, 0.6) is 5.75 Å². The maximum Gasteiger partial charge on any atom is 0.224 e. The summed E-state index contributed by atoms with van der Waals surface area (Å²) in [6, 6.07) is 17.4. The van der Waals surface area contributed by atoms with E-state index in [1.165, 1.54) is 0 Å². The van der Waals surface area contributed by atoms with Gasteiger partial charge in [0.15, 0.2) is 0 Å². The summed E-state index contributed by atoms with van der Waals surface area (Å²) < 4.78 is 5.35. The zero-order valence-corrected chi connectivity index (χ0v) is 18.3. The molecular weight excluding hydrogens is 410 g/mol. The number of benzene rings is 2. The Labute approximate surface area is 186 Å². The summed E-state index contributed by atoms with van der Waals surface area (Å²) in [4.78, 5) is 20.6. The number of carbonyl (C=O) groups excluding carboxylic acids is 1. The average molecular weight is 434 g/mol. The second-order valence-corrected chi connectivity index (χ2v) is 7.93. The molecule has 0 bridgehead atoms. The lowest BCUT2D eigenvalue weighted by atomic mass is 10.0. The number of hydrogen-bond donors (Lipinski definition) is 2. The molecule has 1 amide bonds. The second-order valence-electron chi connectivity index (χ2n) is 7.49. The summed E-state index contributed by atoms with van der Waals surface area (Å²) in [7, 11) is 1.60. The first-order chi connectivity index (χ1) is 15.0. The molecule has 2 aromatic carbocycles. The predicted octanol–water partition coefficient (Wildman–Crippen LogP) is 6.16. The van der Waals surface area contributed by atoms with Gasteiger partial charge in [-0.1, -0.05) is 23.7 Å². The third-order valence-corrected chi connectivity index (χ3v) is 5.48. The van der Waals surface area contributed by atoms with Crippen molar-refractivity contribution in [1.82, 2.24) is 9.97 Å². The van der Waals surface area contributed by atoms with Crippen LogP contribution in [0.25, 0.3) is 22.3 Å². The van der Waals surface area contributed by atoms with E-state index >= 15 is 0 Å². The van der Waals surface area contributed by atoms with E-state index in [4.69, 9.17) is 16.3 Å². The number of halogens is 1. The zero-order chi connectivity index (χ0) is 21.8. The van der Waals surface area contributed by atoms with Gasteiger partial charge in [0.2, 0.25) is 5.91 Å². The van der Waals surface area contributed by atoms with Gasteiger partial charge in [-0.05, 0) is 73.4 Å². The molecule has 2 aromatic heterocycles. The highest BCUT2D eigenvalue weighted by Crippen LogP contribution is 2.32. The summed E-state index contributed by atoms with van der Waals surface area (Å²) in [5.41, 5.74) is 5.73. The van der Waals surface area contributed by atoms with Crippen LogP contribution in [0.1, 0.15) is 24.0 Å². The van der Waals surface area contributed by atoms with Gasteiger partial charge in [0, 0.05) is 28.5 Å². The van der Waals surface area contributed by atoms with E-state index < -0.39 is 0 Å². The number of amides is 1. The van der Waals surface area contributed by atoms with Crippen molar-refractivity contribution in [3.63, 3.8) is 0 Å². The van der Waals surface area contributed by atoms with Gasteiger partial charge in [-0.15, -0.1) is 0 Å². The van der Waals surface area contributed by atoms with E-state index in [1.54, 1.807) is 13.3 Å². The highest BCUT2D eigenvalue weighted by molar-refractivity contribution is 6.31. The van der Waals surface area contributed by atoms with Crippen molar-refractivity contribution in [2.75, 3.05) is 12.4 Å². The number of aromatic nitrogens is 2. The number of anilines is 1. The first-order valence-electron chi connectivity index (χ1n) is 10.2. The molecule has 0 unspecified atom stereocenters. The van der Waals surface area contributed by atoms with Crippen LogP contribution in [-0.2, 0) is 11.2 Å². The summed E-state index contributed by atoms with van der Waals surface area (Å²) in [6.45, 7) is 1.98. The standard InChI is InChI=1S/C25H24ClN3O2/c1-16-9-12-23(31-2)22(14-16)28-24(30)8-5-6-18-19-15-17(26)10-11-20(19)29-25(18)21-7-3-4-13-27-21/h3-4,7,9-15,29H,5-6,8H2,1-2H3,(H,28,30). The first kappa shape index (κ1) is 20.9. The molecule has 31 heavy (non-hydrogen) atoms. The van der Waals surface area contributed by atoms with Gasteiger partial charge in [-0.3, -0.25) is 9.78 Å². The van der Waals surface area contributed by atoms with Crippen molar-refractivity contribution in [2.24, 2.45) is 0 Å². The molecule has 0 radical (unpaired) electrons. The van der Waals surface area contributed by atoms with Crippen molar-refractivity contribution < 1.29 is 9.53 Å². The van der Waals surface area contributed by atoms with E-state index in [-0.39, 0.29) is 5.91 Å². The molecule has 0 spiro atoms. The second kappa shape index (κ2) is 9.23. The summed E-state index contributed by atoms with van der Waals surface area (Å²) in [6.07, 6.45) is 3.59. The number of nitrogens with zero attached hydrogens (tertiary/aromatic N) is 1. The molecule has 2 heterocycles. The van der Waals surface area contributed by atoms with Crippen LogP contribution in [-0.4, -0.2) is 23.0 Å². The van der Waals surface area contributed by atoms with Crippen LogP contribution in [0.2, 0.25) is 5.02 Å². The Bertz CT molecular complexity index is 1220. The Balaban J connectivity index is 1.52. The third kappa shape index (κ3) is 4.72. The third-order valence-electron chi connectivity index (χ3n) is 5.25. The van der Waals surface area contributed by atoms with Crippen molar-refractivity contribution in [1.29, 1.82) is 0 Å².